The van der Waals surface area contributed by atoms with E-state index < -0.39 is 33.4 Å². The largest absolute Gasteiger partial charge is 0.325 e. The summed E-state index contributed by atoms with van der Waals surface area (Å²) < 4.78 is 23.0. The predicted molar refractivity (Wildman–Crippen MR) is 120 cm³/mol. The van der Waals surface area contributed by atoms with E-state index in [0.717, 1.165) is 10.5 Å². The van der Waals surface area contributed by atoms with E-state index >= 15 is 0 Å². The number of nitrogens with zero attached hydrogens (tertiary/aromatic N) is 2. The quantitative estimate of drug-likeness (QED) is 0.640. The van der Waals surface area contributed by atoms with Gasteiger partial charge in [0.05, 0.1) is 23.4 Å². The number of carbonyl (C=O) groups excluding carboxylic acids is 3. The van der Waals surface area contributed by atoms with Crippen LogP contribution in [0.2, 0.25) is 0 Å². The van der Waals surface area contributed by atoms with Crippen molar-refractivity contribution in [1.82, 2.24) is 4.90 Å². The number of benzene rings is 2. The highest BCUT2D eigenvalue weighted by atomic mass is 32.2. The van der Waals surface area contributed by atoms with E-state index in [1.807, 2.05) is 51.1 Å². The van der Waals surface area contributed by atoms with Gasteiger partial charge in [-0.25, -0.2) is 18.5 Å². The summed E-state index contributed by atoms with van der Waals surface area (Å²) in [6.07, 6.45) is 0.569. The van der Waals surface area contributed by atoms with Crippen molar-refractivity contribution in [2.45, 2.75) is 56.5 Å². The molecule has 1 aliphatic rings. The molecule has 0 aromatic heterocycles. The summed E-state index contributed by atoms with van der Waals surface area (Å²) in [6, 6.07) is 13.5. The number of amides is 3. The second-order valence-corrected chi connectivity index (χ2v) is 9.98. The molecular weight excluding hydrogens is 430 g/mol. The van der Waals surface area contributed by atoms with Crippen LogP contribution < -0.4 is 10.0 Å². The van der Waals surface area contributed by atoms with E-state index in [1.165, 1.54) is 29.2 Å². The molecular formula is C23H27N3O5S. The van der Waals surface area contributed by atoms with Gasteiger partial charge in [-0.05, 0) is 50.1 Å². The van der Waals surface area contributed by atoms with Crippen LogP contribution in [0.5, 0.6) is 0 Å². The minimum atomic E-state index is -3.90. The molecule has 1 heterocycles. The Balaban J connectivity index is 1.92. The zero-order valence-electron chi connectivity index (χ0n) is 18.3. The third kappa shape index (κ3) is 4.73. The number of hydrogen-bond donors (Lipinski definition) is 1. The Morgan fingerprint density at radius 1 is 1.09 bits per heavy atom. The molecule has 170 valence electrons. The lowest BCUT2D eigenvalue weighted by atomic mass is 9.94. The Morgan fingerprint density at radius 3 is 2.22 bits per heavy atom. The Kier molecular flexibility index (Phi) is 6.52. The van der Waals surface area contributed by atoms with E-state index in [4.69, 9.17) is 5.14 Å². The summed E-state index contributed by atoms with van der Waals surface area (Å²) >= 11 is 0. The van der Waals surface area contributed by atoms with Crippen LogP contribution in [0, 0.1) is 0 Å². The third-order valence-corrected chi connectivity index (χ3v) is 6.77. The van der Waals surface area contributed by atoms with Gasteiger partial charge in [0.25, 0.3) is 5.91 Å². The van der Waals surface area contributed by atoms with Crippen molar-refractivity contribution in [1.29, 1.82) is 0 Å². The van der Waals surface area contributed by atoms with E-state index in [9.17, 15) is 22.8 Å². The minimum absolute atomic E-state index is 0.116. The van der Waals surface area contributed by atoms with E-state index in [-0.39, 0.29) is 29.3 Å². The van der Waals surface area contributed by atoms with Gasteiger partial charge in [0.15, 0.2) is 0 Å². The molecule has 0 saturated carbocycles. The van der Waals surface area contributed by atoms with E-state index in [0.29, 0.717) is 6.42 Å². The maximum absolute atomic E-state index is 13.3. The van der Waals surface area contributed by atoms with Crippen molar-refractivity contribution >= 4 is 33.4 Å². The number of rotatable bonds is 7. The Labute approximate surface area is 188 Å². The van der Waals surface area contributed by atoms with Gasteiger partial charge in [0, 0.05) is 5.54 Å². The topological polar surface area (TPSA) is 118 Å². The molecule has 9 heteroatoms. The smallest absolute Gasteiger partial charge is 0.257 e. The van der Waals surface area contributed by atoms with Gasteiger partial charge in [-0.2, -0.15) is 0 Å². The fraction of sp³-hybridized carbons (Fsp3) is 0.348. The SMILES string of the molecule is CCC(C)(C)N(C(=O)Cc1ccccc1)C1CC(=O)N(c2ccc(S(N)(=O)=O)cc2)C1=O. The van der Waals surface area contributed by atoms with Crippen molar-refractivity contribution < 1.29 is 22.8 Å². The Hall–Kier alpha value is -3.04. The first-order valence-corrected chi connectivity index (χ1v) is 11.9. The first-order valence-electron chi connectivity index (χ1n) is 10.3. The van der Waals surface area contributed by atoms with Gasteiger partial charge in [0.2, 0.25) is 21.8 Å². The Morgan fingerprint density at radius 2 is 1.69 bits per heavy atom. The molecule has 0 spiro atoms. The van der Waals surface area contributed by atoms with E-state index in [2.05, 4.69) is 0 Å². The normalized spacial score (nSPS) is 17.0. The molecule has 1 saturated heterocycles. The van der Waals surface area contributed by atoms with Crippen molar-refractivity contribution in [3.8, 4) is 0 Å². The van der Waals surface area contributed by atoms with Gasteiger partial charge < -0.3 is 4.90 Å². The number of carbonyl (C=O) groups is 3. The summed E-state index contributed by atoms with van der Waals surface area (Å²) in [5.74, 6) is -1.20. The molecule has 0 radical (unpaired) electrons. The van der Waals surface area contributed by atoms with Crippen LogP contribution in [0.15, 0.2) is 59.5 Å². The van der Waals surface area contributed by atoms with Gasteiger partial charge in [-0.3, -0.25) is 14.4 Å². The number of nitrogens with two attached hydrogens (primary N) is 1. The predicted octanol–water partition coefficient (Wildman–Crippen LogP) is 2.23. The zero-order valence-corrected chi connectivity index (χ0v) is 19.1. The average Bonchev–Trinajstić information content (AvgIpc) is 3.01. The maximum Gasteiger partial charge on any atom is 0.257 e. The second-order valence-electron chi connectivity index (χ2n) is 8.42. The molecule has 1 aliphatic heterocycles. The number of anilines is 1. The van der Waals surface area contributed by atoms with Crippen LogP contribution in [0.1, 0.15) is 39.2 Å². The fourth-order valence-corrected chi connectivity index (χ4v) is 4.35. The van der Waals surface area contributed by atoms with Gasteiger partial charge in [-0.15, -0.1) is 0 Å². The Bertz CT molecular complexity index is 1130. The van der Waals surface area contributed by atoms with E-state index in [1.54, 1.807) is 0 Å². The maximum atomic E-state index is 13.3. The highest BCUT2D eigenvalue weighted by Gasteiger charge is 2.48. The molecule has 3 rings (SSSR count). The van der Waals surface area contributed by atoms with Crippen LogP contribution in [0.4, 0.5) is 5.69 Å². The monoisotopic (exact) mass is 457 g/mol. The van der Waals surface area contributed by atoms with Gasteiger partial charge in [0.1, 0.15) is 6.04 Å². The molecule has 2 aromatic rings. The van der Waals surface area contributed by atoms with Crippen LogP contribution in [0.25, 0.3) is 0 Å². The van der Waals surface area contributed by atoms with Gasteiger partial charge >= 0.3 is 0 Å². The molecule has 1 atom stereocenters. The lowest BCUT2D eigenvalue weighted by Crippen LogP contribution is -2.56. The summed E-state index contributed by atoms with van der Waals surface area (Å²) in [4.78, 5) is 41.9. The third-order valence-electron chi connectivity index (χ3n) is 5.84. The molecule has 0 bridgehead atoms. The standard InChI is InChI=1S/C23H27N3O5S/c1-4-23(2,3)26(21(28)14-16-8-6-5-7-9-16)19-15-20(27)25(22(19)29)17-10-12-18(13-11-17)32(24,30)31/h5-13,19H,4,14-15H2,1-3H3,(H2,24,30,31). The highest BCUT2D eigenvalue weighted by molar-refractivity contribution is 7.89. The molecule has 3 amide bonds. The summed E-state index contributed by atoms with van der Waals surface area (Å²) in [7, 11) is -3.90. The number of sulfonamides is 1. The fourth-order valence-electron chi connectivity index (χ4n) is 3.83. The van der Waals surface area contributed by atoms with Crippen molar-refractivity contribution in [2.24, 2.45) is 5.14 Å². The number of hydrogen-bond acceptors (Lipinski definition) is 5. The second kappa shape index (κ2) is 8.84. The highest BCUT2D eigenvalue weighted by Crippen LogP contribution is 2.32. The summed E-state index contributed by atoms with van der Waals surface area (Å²) in [5, 5.41) is 5.12. The van der Waals surface area contributed by atoms with Crippen molar-refractivity contribution in [2.75, 3.05) is 4.90 Å². The average molecular weight is 458 g/mol. The molecule has 1 fully saturated rings. The molecule has 2 aromatic carbocycles. The molecule has 0 aliphatic carbocycles. The van der Waals surface area contributed by atoms with Crippen LogP contribution in [-0.2, 0) is 30.8 Å². The first-order chi connectivity index (χ1) is 15.0. The van der Waals surface area contributed by atoms with Crippen LogP contribution in [0.3, 0.4) is 0 Å². The van der Waals surface area contributed by atoms with Crippen molar-refractivity contribution in [3.05, 3.63) is 60.2 Å². The molecule has 8 nitrogen and oxygen atoms in total. The minimum Gasteiger partial charge on any atom is -0.325 e. The van der Waals surface area contributed by atoms with Crippen LogP contribution in [-0.4, -0.2) is 42.6 Å². The summed E-state index contributed by atoms with van der Waals surface area (Å²) in [6.45, 7) is 5.67. The lowest BCUT2D eigenvalue weighted by Gasteiger charge is -2.41. The van der Waals surface area contributed by atoms with Gasteiger partial charge in [-0.1, -0.05) is 37.3 Å². The number of imide groups is 1. The number of primary sulfonamides is 1. The lowest BCUT2D eigenvalue weighted by molar-refractivity contribution is -0.144. The summed E-state index contributed by atoms with van der Waals surface area (Å²) in [5.41, 5.74) is 0.404. The first kappa shape index (κ1) is 23.6. The van der Waals surface area contributed by atoms with Crippen LogP contribution >= 0.6 is 0 Å². The molecule has 2 N–H and O–H groups in total. The molecule has 32 heavy (non-hydrogen) atoms. The zero-order chi connectivity index (χ0) is 23.7. The molecule has 1 unspecified atom stereocenters. The van der Waals surface area contributed by atoms with Crippen molar-refractivity contribution in [3.63, 3.8) is 0 Å².